The van der Waals surface area contributed by atoms with Crippen LogP contribution in [0.25, 0.3) is 0 Å². The molecule has 26 heavy (non-hydrogen) atoms. The standard InChI is InChI=1S/C19H19FN4O2/c1-26-18-7-4-13(10-21)9-17(18)24-19(25)23-14-5-2-12(3-6-14)8-16-15(20)11-22-16/h2-7,9,15-16,22H,8,11H2,1H3,(H2,23,24,25). The van der Waals surface area contributed by atoms with Crippen LogP contribution in [0.3, 0.4) is 0 Å². The van der Waals surface area contributed by atoms with Gasteiger partial charge in [0.05, 0.1) is 24.4 Å². The number of anilines is 2. The number of amides is 2. The first-order valence-corrected chi connectivity index (χ1v) is 8.21. The van der Waals surface area contributed by atoms with Crippen molar-refractivity contribution in [3.05, 3.63) is 53.6 Å². The fourth-order valence-electron chi connectivity index (χ4n) is 2.71. The van der Waals surface area contributed by atoms with Crippen LogP contribution in [-0.4, -0.2) is 31.9 Å². The van der Waals surface area contributed by atoms with Gasteiger partial charge in [0.2, 0.25) is 0 Å². The van der Waals surface area contributed by atoms with Gasteiger partial charge in [-0.25, -0.2) is 9.18 Å². The van der Waals surface area contributed by atoms with Crippen LogP contribution < -0.4 is 20.7 Å². The number of ether oxygens (including phenoxy) is 1. The van der Waals surface area contributed by atoms with Gasteiger partial charge in [-0.2, -0.15) is 5.26 Å². The van der Waals surface area contributed by atoms with E-state index in [0.717, 1.165) is 5.56 Å². The Kier molecular flexibility index (Phi) is 5.34. The van der Waals surface area contributed by atoms with Crippen LogP contribution in [0, 0.1) is 11.3 Å². The molecule has 0 bridgehead atoms. The molecule has 3 rings (SSSR count). The Bertz CT molecular complexity index is 832. The third kappa shape index (κ3) is 4.10. The van der Waals surface area contributed by atoms with Crippen LogP contribution in [0.15, 0.2) is 42.5 Å². The summed E-state index contributed by atoms with van der Waals surface area (Å²) in [5.74, 6) is 0.461. The predicted molar refractivity (Wildman–Crippen MR) is 97.2 cm³/mol. The van der Waals surface area contributed by atoms with E-state index in [4.69, 9.17) is 10.00 Å². The lowest BCUT2D eigenvalue weighted by molar-refractivity contribution is 0.158. The second kappa shape index (κ2) is 7.85. The average molecular weight is 354 g/mol. The summed E-state index contributed by atoms with van der Waals surface area (Å²) in [6, 6.07) is 13.5. The van der Waals surface area contributed by atoms with Gasteiger partial charge in [0.1, 0.15) is 11.9 Å². The minimum Gasteiger partial charge on any atom is -0.495 e. The molecule has 0 spiro atoms. The minimum absolute atomic E-state index is 0.128. The van der Waals surface area contributed by atoms with E-state index in [0.29, 0.717) is 35.7 Å². The molecule has 0 saturated carbocycles. The van der Waals surface area contributed by atoms with E-state index in [2.05, 4.69) is 16.0 Å². The van der Waals surface area contributed by atoms with E-state index in [1.165, 1.54) is 7.11 Å². The molecule has 0 aromatic heterocycles. The number of nitriles is 1. The highest BCUT2D eigenvalue weighted by molar-refractivity contribution is 6.00. The zero-order chi connectivity index (χ0) is 18.5. The maximum Gasteiger partial charge on any atom is 0.323 e. The largest absolute Gasteiger partial charge is 0.495 e. The molecule has 2 atom stereocenters. The van der Waals surface area contributed by atoms with Crippen LogP contribution >= 0.6 is 0 Å². The van der Waals surface area contributed by atoms with E-state index in [1.807, 2.05) is 18.2 Å². The van der Waals surface area contributed by atoms with E-state index >= 15 is 0 Å². The molecule has 3 N–H and O–H groups in total. The molecular formula is C19H19FN4O2. The van der Waals surface area contributed by atoms with Gasteiger partial charge < -0.3 is 20.7 Å². The number of methoxy groups -OCH3 is 1. The van der Waals surface area contributed by atoms with Crippen LogP contribution in [-0.2, 0) is 6.42 Å². The summed E-state index contributed by atoms with van der Waals surface area (Å²) in [6.07, 6.45) is -0.177. The quantitative estimate of drug-likeness (QED) is 0.770. The molecule has 1 aliphatic rings. The topological polar surface area (TPSA) is 86.2 Å². The normalized spacial score (nSPS) is 18.3. The van der Waals surface area contributed by atoms with Crippen LogP contribution in [0.4, 0.5) is 20.6 Å². The van der Waals surface area contributed by atoms with Gasteiger partial charge in [0, 0.05) is 18.3 Å². The average Bonchev–Trinajstić information content (AvgIpc) is 2.66. The second-order valence-electron chi connectivity index (χ2n) is 6.04. The fourth-order valence-corrected chi connectivity index (χ4v) is 2.71. The number of nitrogens with one attached hydrogen (secondary N) is 3. The molecule has 134 valence electrons. The molecule has 2 aromatic carbocycles. The van der Waals surface area contributed by atoms with Crippen LogP contribution in [0.1, 0.15) is 11.1 Å². The van der Waals surface area contributed by atoms with Crippen molar-refractivity contribution in [2.45, 2.75) is 18.6 Å². The molecule has 1 fully saturated rings. The molecule has 1 heterocycles. The van der Waals surface area contributed by atoms with Gasteiger partial charge in [-0.1, -0.05) is 12.1 Å². The number of halogens is 1. The summed E-state index contributed by atoms with van der Waals surface area (Å²) >= 11 is 0. The van der Waals surface area contributed by atoms with Crippen molar-refractivity contribution < 1.29 is 13.9 Å². The van der Waals surface area contributed by atoms with E-state index in [-0.39, 0.29) is 6.04 Å². The second-order valence-corrected chi connectivity index (χ2v) is 6.04. The summed E-state index contributed by atoms with van der Waals surface area (Å²) in [7, 11) is 1.49. The molecule has 2 amide bonds. The van der Waals surface area contributed by atoms with Crippen LogP contribution in [0.2, 0.25) is 0 Å². The first kappa shape index (κ1) is 17.7. The lowest BCUT2D eigenvalue weighted by Gasteiger charge is -2.32. The van der Waals surface area contributed by atoms with Gasteiger partial charge in [0.25, 0.3) is 0 Å². The van der Waals surface area contributed by atoms with Gasteiger partial charge in [-0.15, -0.1) is 0 Å². The zero-order valence-electron chi connectivity index (χ0n) is 14.3. The lowest BCUT2D eigenvalue weighted by Crippen LogP contribution is -2.55. The predicted octanol–water partition coefficient (Wildman–Crippen LogP) is 3.06. The number of carbonyl (C=O) groups excluding carboxylic acids is 1. The van der Waals surface area contributed by atoms with Crippen molar-refractivity contribution in [1.82, 2.24) is 5.32 Å². The van der Waals surface area contributed by atoms with Crippen LogP contribution in [0.5, 0.6) is 5.75 Å². The molecule has 6 nitrogen and oxygen atoms in total. The first-order valence-electron chi connectivity index (χ1n) is 8.21. The molecule has 1 saturated heterocycles. The van der Waals surface area contributed by atoms with E-state index in [9.17, 15) is 9.18 Å². The molecule has 0 aliphatic carbocycles. The third-order valence-corrected chi connectivity index (χ3v) is 4.26. The summed E-state index contributed by atoms with van der Waals surface area (Å²) in [6.45, 7) is 0.418. The van der Waals surface area contributed by atoms with Crippen molar-refractivity contribution in [1.29, 1.82) is 5.26 Å². The molecular weight excluding hydrogens is 335 g/mol. The van der Waals surface area contributed by atoms with Crippen molar-refractivity contribution >= 4 is 17.4 Å². The molecule has 1 aliphatic heterocycles. The Hall–Kier alpha value is -3.11. The molecule has 2 unspecified atom stereocenters. The number of rotatable bonds is 5. The van der Waals surface area contributed by atoms with E-state index < -0.39 is 12.2 Å². The summed E-state index contributed by atoms with van der Waals surface area (Å²) < 4.78 is 18.5. The number of hydrogen-bond acceptors (Lipinski definition) is 4. The third-order valence-electron chi connectivity index (χ3n) is 4.26. The van der Waals surface area contributed by atoms with Gasteiger partial charge in [-0.05, 0) is 42.3 Å². The maximum atomic E-state index is 13.3. The van der Waals surface area contributed by atoms with Gasteiger partial charge in [-0.3, -0.25) is 0 Å². The highest BCUT2D eigenvalue weighted by Crippen LogP contribution is 2.25. The Labute approximate surface area is 151 Å². The SMILES string of the molecule is COc1ccc(C#N)cc1NC(=O)Nc1ccc(CC2NCC2F)cc1. The Morgan fingerprint density at radius 3 is 2.65 bits per heavy atom. The Morgan fingerprint density at radius 1 is 1.31 bits per heavy atom. The van der Waals surface area contributed by atoms with Crippen molar-refractivity contribution in [3.63, 3.8) is 0 Å². The first-order chi connectivity index (χ1) is 12.6. The number of urea groups is 1. The minimum atomic E-state index is -0.794. The summed E-state index contributed by atoms with van der Waals surface area (Å²) in [5.41, 5.74) is 2.44. The smallest absolute Gasteiger partial charge is 0.323 e. The van der Waals surface area contributed by atoms with E-state index in [1.54, 1.807) is 30.3 Å². The fraction of sp³-hybridized carbons (Fsp3) is 0.263. The van der Waals surface area contributed by atoms with Crippen molar-refractivity contribution in [2.75, 3.05) is 24.3 Å². The van der Waals surface area contributed by atoms with Gasteiger partial charge >= 0.3 is 6.03 Å². The Balaban J connectivity index is 1.60. The number of nitrogens with zero attached hydrogens (tertiary/aromatic N) is 1. The summed E-state index contributed by atoms with van der Waals surface area (Å²) in [4.78, 5) is 12.2. The number of carbonyl (C=O) groups is 1. The Morgan fingerprint density at radius 2 is 2.08 bits per heavy atom. The number of hydrogen-bond donors (Lipinski definition) is 3. The molecule has 7 heteroatoms. The summed E-state index contributed by atoms with van der Waals surface area (Å²) in [5, 5.41) is 17.4. The molecule has 0 radical (unpaired) electrons. The maximum absolute atomic E-state index is 13.3. The highest BCUT2D eigenvalue weighted by atomic mass is 19.1. The highest BCUT2D eigenvalue weighted by Gasteiger charge is 2.29. The molecule has 2 aromatic rings. The van der Waals surface area contributed by atoms with Crippen molar-refractivity contribution in [3.8, 4) is 11.8 Å². The lowest BCUT2D eigenvalue weighted by atomic mass is 9.96. The van der Waals surface area contributed by atoms with Crippen molar-refractivity contribution in [2.24, 2.45) is 0 Å². The van der Waals surface area contributed by atoms with Gasteiger partial charge in [0.15, 0.2) is 0 Å². The zero-order valence-corrected chi connectivity index (χ0v) is 14.3. The number of benzene rings is 2. The number of alkyl halides is 1. The monoisotopic (exact) mass is 354 g/mol.